The Balaban J connectivity index is 2.46. The fourth-order valence-corrected chi connectivity index (χ4v) is 1.76. The first kappa shape index (κ1) is 9.49. The summed E-state index contributed by atoms with van der Waals surface area (Å²) in [4.78, 5) is 4.20. The summed E-state index contributed by atoms with van der Waals surface area (Å²) in [5, 5.41) is 3.79. The van der Waals surface area contributed by atoms with Gasteiger partial charge in [0.15, 0.2) is 0 Å². The van der Waals surface area contributed by atoms with Crippen molar-refractivity contribution in [2.24, 2.45) is 0 Å². The first-order valence-electron chi connectivity index (χ1n) is 4.58. The smallest absolute Gasteiger partial charge is 0.138 e. The Morgan fingerprint density at radius 2 is 2.36 bits per heavy atom. The quantitative estimate of drug-likeness (QED) is 0.835. The number of halogens is 1. The maximum atomic E-state index is 6.04. The number of nitrogens with zero attached hydrogens (tertiary/aromatic N) is 2. The topological polar surface area (TPSA) is 29.3 Å². The predicted octanol–water partition coefficient (Wildman–Crippen LogP) is 1.75. The Bertz CT molecular complexity index is 436. The summed E-state index contributed by atoms with van der Waals surface area (Å²) in [7, 11) is 1.94. The van der Waals surface area contributed by atoms with Crippen molar-refractivity contribution in [3.05, 3.63) is 35.2 Å². The van der Waals surface area contributed by atoms with E-state index in [0.29, 0.717) is 5.15 Å². The van der Waals surface area contributed by atoms with Gasteiger partial charge in [-0.2, -0.15) is 0 Å². The highest BCUT2D eigenvalue weighted by Crippen LogP contribution is 2.15. The van der Waals surface area contributed by atoms with Crippen molar-refractivity contribution in [1.82, 2.24) is 14.7 Å². The summed E-state index contributed by atoms with van der Waals surface area (Å²) in [5.41, 5.74) is 2.09. The highest BCUT2D eigenvalue weighted by atomic mass is 35.5. The predicted molar refractivity (Wildman–Crippen MR) is 57.8 cm³/mol. The Hall–Kier alpha value is -1.06. The monoisotopic (exact) mass is 209 g/mol. The molecule has 0 spiro atoms. The Morgan fingerprint density at radius 1 is 1.50 bits per heavy atom. The maximum Gasteiger partial charge on any atom is 0.138 e. The van der Waals surface area contributed by atoms with Gasteiger partial charge in [-0.25, -0.2) is 4.98 Å². The largest absolute Gasteiger partial charge is 0.319 e. The number of nitrogens with one attached hydrogen (secondary N) is 1. The second-order valence-corrected chi connectivity index (χ2v) is 3.53. The average Bonchev–Trinajstić information content (AvgIpc) is 2.58. The van der Waals surface area contributed by atoms with Crippen LogP contribution in [-0.4, -0.2) is 23.0 Å². The zero-order valence-electron chi connectivity index (χ0n) is 8.00. The summed E-state index contributed by atoms with van der Waals surface area (Å²) >= 11 is 6.04. The average molecular weight is 210 g/mol. The molecule has 0 saturated carbocycles. The number of rotatable bonds is 3. The van der Waals surface area contributed by atoms with Gasteiger partial charge in [0, 0.05) is 18.7 Å². The zero-order chi connectivity index (χ0) is 9.97. The van der Waals surface area contributed by atoms with Gasteiger partial charge in [0.1, 0.15) is 10.8 Å². The molecular weight excluding hydrogens is 198 g/mol. The lowest BCUT2D eigenvalue weighted by molar-refractivity contribution is 0.768. The molecular formula is C10H12ClN3. The summed E-state index contributed by atoms with van der Waals surface area (Å²) < 4.78 is 1.97. The maximum absolute atomic E-state index is 6.04. The van der Waals surface area contributed by atoms with Crippen LogP contribution in [0, 0.1) is 0 Å². The van der Waals surface area contributed by atoms with Gasteiger partial charge in [-0.3, -0.25) is 4.40 Å². The Morgan fingerprint density at radius 3 is 3.14 bits per heavy atom. The summed E-state index contributed by atoms with van der Waals surface area (Å²) in [5.74, 6) is 0. The molecule has 0 atom stereocenters. The van der Waals surface area contributed by atoms with Crippen molar-refractivity contribution >= 4 is 17.2 Å². The number of hydrogen-bond acceptors (Lipinski definition) is 2. The third-order valence-electron chi connectivity index (χ3n) is 2.20. The van der Waals surface area contributed by atoms with Crippen molar-refractivity contribution in [2.45, 2.75) is 6.42 Å². The van der Waals surface area contributed by atoms with Crippen LogP contribution in [-0.2, 0) is 6.42 Å². The highest BCUT2D eigenvalue weighted by molar-refractivity contribution is 6.29. The van der Waals surface area contributed by atoms with Crippen LogP contribution in [0.15, 0.2) is 24.4 Å². The molecule has 14 heavy (non-hydrogen) atoms. The normalized spacial score (nSPS) is 11.0. The van der Waals surface area contributed by atoms with E-state index in [0.717, 1.165) is 18.6 Å². The van der Waals surface area contributed by atoms with Gasteiger partial charge >= 0.3 is 0 Å². The summed E-state index contributed by atoms with van der Waals surface area (Å²) in [6.45, 7) is 0.938. The number of hydrogen-bond donors (Lipinski definition) is 1. The molecule has 0 unspecified atom stereocenters. The van der Waals surface area contributed by atoms with Gasteiger partial charge in [-0.1, -0.05) is 17.7 Å². The van der Waals surface area contributed by atoms with Crippen molar-refractivity contribution in [3.8, 4) is 0 Å². The third-order valence-corrected chi connectivity index (χ3v) is 2.46. The van der Waals surface area contributed by atoms with Crippen LogP contribution < -0.4 is 5.32 Å². The first-order chi connectivity index (χ1) is 6.83. The van der Waals surface area contributed by atoms with Crippen molar-refractivity contribution < 1.29 is 0 Å². The van der Waals surface area contributed by atoms with E-state index in [1.807, 2.05) is 23.6 Å². The van der Waals surface area contributed by atoms with E-state index < -0.39 is 0 Å². The number of imidazole rings is 1. The molecule has 0 aliphatic carbocycles. The number of pyridine rings is 1. The molecule has 0 aromatic carbocycles. The van der Waals surface area contributed by atoms with Gasteiger partial charge in [0.05, 0.1) is 6.20 Å². The van der Waals surface area contributed by atoms with Crippen molar-refractivity contribution in [3.63, 3.8) is 0 Å². The molecule has 74 valence electrons. The van der Waals surface area contributed by atoms with Crippen molar-refractivity contribution in [2.75, 3.05) is 13.6 Å². The molecule has 2 aromatic heterocycles. The SMILES string of the molecule is CNCCc1cccc2ncc(Cl)n12. The molecule has 0 aliphatic rings. The Kier molecular flexibility index (Phi) is 2.70. The minimum atomic E-state index is 0.673. The fraction of sp³-hybridized carbons (Fsp3) is 0.300. The molecule has 0 fully saturated rings. The molecule has 4 heteroatoms. The lowest BCUT2D eigenvalue weighted by atomic mass is 10.2. The van der Waals surface area contributed by atoms with E-state index in [1.54, 1.807) is 6.20 Å². The molecule has 0 saturated heterocycles. The minimum Gasteiger partial charge on any atom is -0.319 e. The molecule has 0 aliphatic heterocycles. The van der Waals surface area contributed by atoms with E-state index in [-0.39, 0.29) is 0 Å². The molecule has 2 rings (SSSR count). The molecule has 0 bridgehead atoms. The van der Waals surface area contributed by atoms with E-state index >= 15 is 0 Å². The Labute approximate surface area is 87.7 Å². The van der Waals surface area contributed by atoms with Crippen LogP contribution in [0.25, 0.3) is 5.65 Å². The molecule has 3 nitrogen and oxygen atoms in total. The zero-order valence-corrected chi connectivity index (χ0v) is 8.75. The highest BCUT2D eigenvalue weighted by Gasteiger charge is 2.04. The van der Waals surface area contributed by atoms with Crippen LogP contribution >= 0.6 is 11.6 Å². The van der Waals surface area contributed by atoms with Crippen LogP contribution in [0.1, 0.15) is 5.69 Å². The third kappa shape index (κ3) is 1.61. The van der Waals surface area contributed by atoms with Crippen LogP contribution in [0.5, 0.6) is 0 Å². The van der Waals surface area contributed by atoms with E-state index in [9.17, 15) is 0 Å². The number of fused-ring (bicyclic) bond motifs is 1. The number of aromatic nitrogens is 2. The number of likely N-dealkylation sites (N-methyl/N-ethyl adjacent to an activating group) is 1. The molecule has 0 radical (unpaired) electrons. The van der Waals surface area contributed by atoms with Gasteiger partial charge in [-0.05, 0) is 19.2 Å². The summed E-state index contributed by atoms with van der Waals surface area (Å²) in [6.07, 6.45) is 2.63. The standard InChI is InChI=1S/C10H12ClN3/c1-12-6-5-8-3-2-4-10-13-7-9(11)14(8)10/h2-4,7,12H,5-6H2,1H3. The van der Waals surface area contributed by atoms with Crippen LogP contribution in [0.2, 0.25) is 5.15 Å². The van der Waals surface area contributed by atoms with E-state index in [2.05, 4.69) is 16.4 Å². The van der Waals surface area contributed by atoms with E-state index in [1.165, 1.54) is 5.69 Å². The molecule has 2 aromatic rings. The van der Waals surface area contributed by atoms with Crippen LogP contribution in [0.3, 0.4) is 0 Å². The molecule has 1 N–H and O–H groups in total. The fourth-order valence-electron chi connectivity index (χ4n) is 1.51. The molecule has 2 heterocycles. The van der Waals surface area contributed by atoms with Gasteiger partial charge < -0.3 is 5.32 Å². The van der Waals surface area contributed by atoms with Gasteiger partial charge in [0.25, 0.3) is 0 Å². The van der Waals surface area contributed by atoms with E-state index in [4.69, 9.17) is 11.6 Å². The lowest BCUT2D eigenvalue weighted by Gasteiger charge is -2.05. The van der Waals surface area contributed by atoms with Gasteiger partial charge in [-0.15, -0.1) is 0 Å². The lowest BCUT2D eigenvalue weighted by Crippen LogP contribution is -2.12. The second-order valence-electron chi connectivity index (χ2n) is 3.15. The summed E-state index contributed by atoms with van der Waals surface area (Å²) in [6, 6.07) is 6.02. The van der Waals surface area contributed by atoms with Crippen molar-refractivity contribution in [1.29, 1.82) is 0 Å². The van der Waals surface area contributed by atoms with Gasteiger partial charge in [0.2, 0.25) is 0 Å². The molecule has 0 amide bonds. The van der Waals surface area contributed by atoms with Crippen LogP contribution in [0.4, 0.5) is 0 Å². The second kappa shape index (κ2) is 3.98. The first-order valence-corrected chi connectivity index (χ1v) is 4.96. The minimum absolute atomic E-state index is 0.673.